The molecule has 98 valence electrons. The average Bonchev–Trinajstić information content (AvgIpc) is 2.85. The summed E-state index contributed by atoms with van der Waals surface area (Å²) >= 11 is 6.15. The van der Waals surface area contributed by atoms with Gasteiger partial charge in [0.15, 0.2) is 11.5 Å². The SMILES string of the molecule is C#Cc1nc2cncnc2n1-c1ccc(OC)c(Cl)c1. The quantitative estimate of drug-likeness (QED) is 0.678. The van der Waals surface area contributed by atoms with Crippen molar-refractivity contribution >= 4 is 22.8 Å². The van der Waals surface area contributed by atoms with Crippen molar-refractivity contribution in [2.24, 2.45) is 0 Å². The largest absolute Gasteiger partial charge is 0.495 e. The Labute approximate surface area is 120 Å². The standard InChI is InChI=1S/C14H9ClN4O/c1-3-13-18-11-7-16-8-17-14(11)19(13)9-4-5-12(20-2)10(15)6-9/h1,4-8H,2H3. The molecule has 3 aromatic rings. The molecule has 2 heterocycles. The van der Waals surface area contributed by atoms with Crippen molar-refractivity contribution < 1.29 is 4.74 Å². The Bertz CT molecular complexity index is 835. The van der Waals surface area contributed by atoms with E-state index in [2.05, 4.69) is 20.9 Å². The number of imidazole rings is 1. The lowest BCUT2D eigenvalue weighted by atomic mass is 10.3. The molecule has 0 N–H and O–H groups in total. The van der Waals surface area contributed by atoms with Crippen molar-refractivity contribution in [2.75, 3.05) is 7.11 Å². The van der Waals surface area contributed by atoms with Crippen molar-refractivity contribution in [3.05, 3.63) is 41.6 Å². The molecule has 0 saturated heterocycles. The van der Waals surface area contributed by atoms with Gasteiger partial charge in [0.05, 0.1) is 24.0 Å². The number of methoxy groups -OCH3 is 1. The zero-order valence-corrected chi connectivity index (χ0v) is 11.3. The Morgan fingerprint density at radius 1 is 1.40 bits per heavy atom. The Kier molecular flexibility index (Phi) is 3.01. The number of hydrogen-bond donors (Lipinski definition) is 0. The zero-order chi connectivity index (χ0) is 14.1. The van der Waals surface area contributed by atoms with Gasteiger partial charge >= 0.3 is 0 Å². The predicted octanol–water partition coefficient (Wildman–Crippen LogP) is 2.46. The molecule has 6 heteroatoms. The second kappa shape index (κ2) is 4.83. The van der Waals surface area contributed by atoms with Gasteiger partial charge in [0, 0.05) is 0 Å². The van der Waals surface area contributed by atoms with E-state index in [0.717, 1.165) is 5.69 Å². The first-order valence-electron chi connectivity index (χ1n) is 5.73. The van der Waals surface area contributed by atoms with Crippen LogP contribution in [-0.2, 0) is 0 Å². The van der Waals surface area contributed by atoms with Crippen LogP contribution in [0.25, 0.3) is 16.9 Å². The summed E-state index contributed by atoms with van der Waals surface area (Å²) in [6, 6.07) is 5.37. The summed E-state index contributed by atoms with van der Waals surface area (Å²) in [6.07, 6.45) is 8.57. The molecule has 2 aromatic heterocycles. The fraction of sp³-hybridized carbons (Fsp3) is 0.0714. The van der Waals surface area contributed by atoms with Gasteiger partial charge < -0.3 is 4.74 Å². The Hall–Kier alpha value is -2.58. The smallest absolute Gasteiger partial charge is 0.192 e. The molecule has 0 saturated carbocycles. The maximum Gasteiger partial charge on any atom is 0.192 e. The van der Waals surface area contributed by atoms with Crippen LogP contribution in [0.15, 0.2) is 30.7 Å². The third kappa shape index (κ3) is 1.87. The topological polar surface area (TPSA) is 52.8 Å². The number of aromatic nitrogens is 4. The minimum absolute atomic E-state index is 0.446. The molecule has 1 aromatic carbocycles. The summed E-state index contributed by atoms with van der Waals surface area (Å²) < 4.78 is 6.89. The minimum Gasteiger partial charge on any atom is -0.495 e. The van der Waals surface area contributed by atoms with Crippen LogP contribution in [-0.4, -0.2) is 26.6 Å². The summed E-state index contributed by atoms with van der Waals surface area (Å²) in [5.41, 5.74) is 2.03. The lowest BCUT2D eigenvalue weighted by Crippen LogP contribution is -1.99. The number of fused-ring (bicyclic) bond motifs is 1. The van der Waals surface area contributed by atoms with Crippen LogP contribution in [0.5, 0.6) is 5.75 Å². The van der Waals surface area contributed by atoms with Crippen molar-refractivity contribution in [3.8, 4) is 23.8 Å². The third-order valence-electron chi connectivity index (χ3n) is 2.85. The van der Waals surface area contributed by atoms with E-state index in [1.165, 1.54) is 6.33 Å². The molecule has 0 aliphatic heterocycles. The molecule has 0 radical (unpaired) electrons. The van der Waals surface area contributed by atoms with Gasteiger partial charge in [-0.3, -0.25) is 4.57 Å². The highest BCUT2D eigenvalue weighted by molar-refractivity contribution is 6.32. The highest BCUT2D eigenvalue weighted by atomic mass is 35.5. The van der Waals surface area contributed by atoms with E-state index in [1.807, 2.05) is 6.07 Å². The molecule has 0 fully saturated rings. The third-order valence-corrected chi connectivity index (χ3v) is 3.14. The maximum atomic E-state index is 6.15. The van der Waals surface area contributed by atoms with Gasteiger partial charge in [-0.1, -0.05) is 11.6 Å². The normalized spacial score (nSPS) is 10.4. The monoisotopic (exact) mass is 284 g/mol. The number of benzene rings is 1. The number of nitrogens with zero attached hydrogens (tertiary/aromatic N) is 4. The zero-order valence-electron chi connectivity index (χ0n) is 10.5. The van der Waals surface area contributed by atoms with Crippen molar-refractivity contribution in [2.45, 2.75) is 0 Å². The number of ether oxygens (including phenoxy) is 1. The molecule has 0 aliphatic carbocycles. The number of rotatable bonds is 2. The van der Waals surface area contributed by atoms with Crippen LogP contribution >= 0.6 is 11.6 Å². The van der Waals surface area contributed by atoms with Crippen LogP contribution in [0, 0.1) is 12.3 Å². The van der Waals surface area contributed by atoms with Crippen LogP contribution in [0.3, 0.4) is 0 Å². The highest BCUT2D eigenvalue weighted by Crippen LogP contribution is 2.28. The molecule has 5 nitrogen and oxygen atoms in total. The van der Waals surface area contributed by atoms with Gasteiger partial charge in [-0.25, -0.2) is 15.0 Å². The van der Waals surface area contributed by atoms with Crippen molar-refractivity contribution in [3.63, 3.8) is 0 Å². The molecule has 3 rings (SSSR count). The van der Waals surface area contributed by atoms with Gasteiger partial charge in [0.2, 0.25) is 0 Å². The molecule has 0 spiro atoms. The summed E-state index contributed by atoms with van der Waals surface area (Å²) in [5.74, 6) is 3.58. The molecular formula is C14H9ClN4O. The molecule has 20 heavy (non-hydrogen) atoms. The van der Waals surface area contributed by atoms with E-state index in [-0.39, 0.29) is 0 Å². The van der Waals surface area contributed by atoms with Crippen LogP contribution in [0.2, 0.25) is 5.02 Å². The molecule has 0 bridgehead atoms. The summed E-state index contributed by atoms with van der Waals surface area (Å²) in [7, 11) is 1.56. The van der Waals surface area contributed by atoms with Gasteiger partial charge in [0.25, 0.3) is 0 Å². The number of terminal acetylenes is 1. The maximum absolute atomic E-state index is 6.15. The van der Waals surface area contributed by atoms with Gasteiger partial charge in [-0.2, -0.15) is 0 Å². The highest BCUT2D eigenvalue weighted by Gasteiger charge is 2.13. The Balaban J connectivity index is 2.29. The van der Waals surface area contributed by atoms with E-state index in [9.17, 15) is 0 Å². The Morgan fingerprint density at radius 3 is 2.95 bits per heavy atom. The van der Waals surface area contributed by atoms with E-state index in [0.29, 0.717) is 27.8 Å². The summed E-state index contributed by atoms with van der Waals surface area (Å²) in [4.78, 5) is 12.5. The lowest BCUT2D eigenvalue weighted by molar-refractivity contribution is 0.415. The van der Waals surface area contributed by atoms with E-state index >= 15 is 0 Å². The molecular weight excluding hydrogens is 276 g/mol. The molecule has 0 aliphatic rings. The first-order valence-corrected chi connectivity index (χ1v) is 6.11. The van der Waals surface area contributed by atoms with Crippen LogP contribution in [0.1, 0.15) is 5.82 Å². The average molecular weight is 285 g/mol. The summed E-state index contributed by atoms with van der Waals surface area (Å²) in [5, 5.41) is 0.490. The Morgan fingerprint density at radius 2 is 2.25 bits per heavy atom. The minimum atomic E-state index is 0.446. The number of halogens is 1. The van der Waals surface area contributed by atoms with Crippen molar-refractivity contribution in [1.29, 1.82) is 0 Å². The fourth-order valence-electron chi connectivity index (χ4n) is 1.97. The van der Waals surface area contributed by atoms with Gasteiger partial charge in [-0.05, 0) is 24.1 Å². The van der Waals surface area contributed by atoms with Crippen LogP contribution in [0.4, 0.5) is 0 Å². The fourth-order valence-corrected chi connectivity index (χ4v) is 2.22. The second-order valence-electron chi connectivity index (χ2n) is 3.97. The van der Waals surface area contributed by atoms with E-state index in [4.69, 9.17) is 22.8 Å². The molecule has 0 unspecified atom stereocenters. The molecule has 0 amide bonds. The van der Waals surface area contributed by atoms with E-state index < -0.39 is 0 Å². The van der Waals surface area contributed by atoms with Crippen LogP contribution < -0.4 is 4.74 Å². The first-order chi connectivity index (χ1) is 9.74. The first kappa shape index (κ1) is 12.5. The van der Waals surface area contributed by atoms with Gasteiger partial charge in [0.1, 0.15) is 17.6 Å². The number of hydrogen-bond acceptors (Lipinski definition) is 4. The van der Waals surface area contributed by atoms with E-state index in [1.54, 1.807) is 30.0 Å². The predicted molar refractivity (Wildman–Crippen MR) is 76.2 cm³/mol. The lowest BCUT2D eigenvalue weighted by Gasteiger charge is -2.08. The molecule has 0 atom stereocenters. The second-order valence-corrected chi connectivity index (χ2v) is 4.37. The van der Waals surface area contributed by atoms with Gasteiger partial charge in [-0.15, -0.1) is 6.42 Å². The van der Waals surface area contributed by atoms with Crippen molar-refractivity contribution in [1.82, 2.24) is 19.5 Å². The summed E-state index contributed by atoms with van der Waals surface area (Å²) in [6.45, 7) is 0.